The number of carbonyl (C=O) groups excluding carboxylic acids is 1. The lowest BCUT2D eigenvalue weighted by atomic mass is 10.0. The summed E-state index contributed by atoms with van der Waals surface area (Å²) in [6, 6.07) is 0. The van der Waals surface area contributed by atoms with Gasteiger partial charge in [0.05, 0.1) is 6.61 Å². The zero-order valence-electron chi connectivity index (χ0n) is 17.4. The van der Waals surface area contributed by atoms with Crippen molar-refractivity contribution in [3.05, 3.63) is 12.2 Å². The molecule has 0 aliphatic heterocycles. The third kappa shape index (κ3) is 17.8. The molecule has 3 nitrogen and oxygen atoms in total. The number of ether oxygens (including phenoxy) is 1. The van der Waals surface area contributed by atoms with E-state index in [0.29, 0.717) is 18.1 Å². The third-order valence-electron chi connectivity index (χ3n) is 4.65. The Morgan fingerprint density at radius 1 is 0.880 bits per heavy atom. The molecule has 1 unspecified atom stereocenters. The maximum absolute atomic E-state index is 11.3. The smallest absolute Gasteiger partial charge is 0.333 e. The summed E-state index contributed by atoms with van der Waals surface area (Å²) >= 11 is 0. The van der Waals surface area contributed by atoms with Crippen LogP contribution in [0.15, 0.2) is 12.2 Å². The van der Waals surface area contributed by atoms with Gasteiger partial charge in [0.1, 0.15) is 0 Å². The molecule has 0 spiro atoms. The lowest BCUT2D eigenvalue weighted by Gasteiger charge is -2.11. The molecule has 0 aromatic carbocycles. The minimum absolute atomic E-state index is 0.260. The van der Waals surface area contributed by atoms with E-state index in [9.17, 15) is 4.79 Å². The van der Waals surface area contributed by atoms with Gasteiger partial charge in [0.2, 0.25) is 0 Å². The highest BCUT2D eigenvalue weighted by atomic mass is 16.5. The maximum atomic E-state index is 11.3. The van der Waals surface area contributed by atoms with Gasteiger partial charge in [-0.2, -0.15) is 0 Å². The number of unbranched alkanes of at least 4 members (excludes halogenated alkanes) is 10. The summed E-state index contributed by atoms with van der Waals surface area (Å²) < 4.78 is 5.19. The first-order valence-electron chi connectivity index (χ1n) is 10.4. The van der Waals surface area contributed by atoms with Crippen LogP contribution < -0.4 is 0 Å². The van der Waals surface area contributed by atoms with Gasteiger partial charge >= 0.3 is 5.97 Å². The molecular weight excluding hydrogens is 310 g/mol. The van der Waals surface area contributed by atoms with Crippen molar-refractivity contribution in [2.45, 2.75) is 90.9 Å². The molecule has 25 heavy (non-hydrogen) atoms. The first-order chi connectivity index (χ1) is 11.9. The van der Waals surface area contributed by atoms with Gasteiger partial charge in [-0.15, -0.1) is 0 Å². The Morgan fingerprint density at radius 2 is 1.32 bits per heavy atom. The molecule has 0 amide bonds. The summed E-state index contributed by atoms with van der Waals surface area (Å²) in [4.78, 5) is 13.6. The fourth-order valence-electron chi connectivity index (χ4n) is 2.94. The number of hydrogen-bond donors (Lipinski definition) is 0. The van der Waals surface area contributed by atoms with Crippen LogP contribution in [-0.2, 0) is 9.53 Å². The average molecular weight is 354 g/mol. The van der Waals surface area contributed by atoms with Crippen LogP contribution in [0.1, 0.15) is 90.9 Å². The van der Waals surface area contributed by atoms with E-state index in [1.807, 2.05) is 0 Å². The normalized spacial score (nSPS) is 12.4. The summed E-state index contributed by atoms with van der Waals surface area (Å²) in [5.74, 6) is 0.195. The van der Waals surface area contributed by atoms with Crippen molar-refractivity contribution in [2.75, 3.05) is 27.2 Å². The monoisotopic (exact) mass is 353 g/mol. The van der Waals surface area contributed by atoms with Crippen LogP contribution in [0.25, 0.3) is 0 Å². The SMILES string of the molecule is C=C(C)C(=O)OCC(C)CCCCCCCCCCCCCN(C)C. The molecule has 0 aliphatic carbocycles. The summed E-state index contributed by atoms with van der Waals surface area (Å²) in [5.41, 5.74) is 0.487. The van der Waals surface area contributed by atoms with Gasteiger partial charge < -0.3 is 9.64 Å². The Hall–Kier alpha value is -0.830. The van der Waals surface area contributed by atoms with Crippen molar-refractivity contribution in [1.82, 2.24) is 4.90 Å². The largest absolute Gasteiger partial charge is 0.462 e. The van der Waals surface area contributed by atoms with E-state index in [1.54, 1.807) is 6.92 Å². The van der Waals surface area contributed by atoms with Crippen LogP contribution in [0.3, 0.4) is 0 Å². The second-order valence-corrected chi connectivity index (χ2v) is 7.97. The predicted molar refractivity (Wildman–Crippen MR) is 109 cm³/mol. The number of esters is 1. The Morgan fingerprint density at radius 3 is 1.76 bits per heavy atom. The first kappa shape index (κ1) is 24.2. The van der Waals surface area contributed by atoms with E-state index in [4.69, 9.17) is 4.74 Å². The summed E-state index contributed by atoms with van der Waals surface area (Å²) in [6.07, 6.45) is 16.2. The van der Waals surface area contributed by atoms with Gasteiger partial charge in [0.25, 0.3) is 0 Å². The highest BCUT2D eigenvalue weighted by molar-refractivity contribution is 5.86. The predicted octanol–water partition coefficient (Wildman–Crippen LogP) is 5.98. The van der Waals surface area contributed by atoms with Crippen LogP contribution >= 0.6 is 0 Å². The molecule has 0 bridgehead atoms. The van der Waals surface area contributed by atoms with Gasteiger partial charge in [-0.3, -0.25) is 0 Å². The van der Waals surface area contributed by atoms with Gasteiger partial charge in [0, 0.05) is 5.57 Å². The molecule has 0 aliphatic rings. The molecule has 0 heterocycles. The topological polar surface area (TPSA) is 29.5 Å². The molecule has 0 N–H and O–H groups in total. The zero-order valence-corrected chi connectivity index (χ0v) is 17.4. The quantitative estimate of drug-likeness (QED) is 0.183. The van der Waals surface area contributed by atoms with E-state index in [-0.39, 0.29) is 5.97 Å². The minimum Gasteiger partial charge on any atom is -0.462 e. The average Bonchev–Trinajstić information content (AvgIpc) is 2.56. The van der Waals surface area contributed by atoms with Crippen LogP contribution in [0.2, 0.25) is 0 Å². The highest BCUT2D eigenvalue weighted by Crippen LogP contribution is 2.14. The standard InChI is InChI=1S/C22H43NO2/c1-20(2)22(24)25-19-21(3)17-15-13-11-9-7-6-8-10-12-14-16-18-23(4)5/h21H,1,6-19H2,2-5H3. The molecule has 0 fully saturated rings. The highest BCUT2D eigenvalue weighted by Gasteiger charge is 2.07. The van der Waals surface area contributed by atoms with Crippen molar-refractivity contribution in [3.63, 3.8) is 0 Å². The Labute approximate surface area is 157 Å². The number of nitrogens with zero attached hydrogens (tertiary/aromatic N) is 1. The summed E-state index contributed by atoms with van der Waals surface area (Å²) in [5, 5.41) is 0. The zero-order chi connectivity index (χ0) is 18.9. The maximum Gasteiger partial charge on any atom is 0.333 e. The molecule has 0 rings (SSSR count). The fraction of sp³-hybridized carbons (Fsp3) is 0.864. The molecule has 3 heteroatoms. The second-order valence-electron chi connectivity index (χ2n) is 7.97. The van der Waals surface area contributed by atoms with Crippen LogP contribution in [0, 0.1) is 5.92 Å². The summed E-state index contributed by atoms with van der Waals surface area (Å²) in [7, 11) is 4.30. The van der Waals surface area contributed by atoms with Crippen LogP contribution in [0.5, 0.6) is 0 Å². The van der Waals surface area contributed by atoms with Gasteiger partial charge in [-0.05, 0) is 46.3 Å². The van der Waals surface area contributed by atoms with E-state index in [1.165, 1.54) is 77.2 Å². The Balaban J connectivity index is 3.23. The molecule has 0 radical (unpaired) electrons. The van der Waals surface area contributed by atoms with Crippen molar-refractivity contribution in [2.24, 2.45) is 5.92 Å². The molecule has 0 aromatic heterocycles. The van der Waals surface area contributed by atoms with E-state index in [0.717, 1.165) is 6.42 Å². The molecule has 0 saturated carbocycles. The molecule has 0 saturated heterocycles. The number of rotatable bonds is 17. The van der Waals surface area contributed by atoms with Crippen molar-refractivity contribution in [3.8, 4) is 0 Å². The van der Waals surface area contributed by atoms with Crippen molar-refractivity contribution in [1.29, 1.82) is 0 Å². The minimum atomic E-state index is -0.260. The van der Waals surface area contributed by atoms with Gasteiger partial charge in [-0.25, -0.2) is 4.79 Å². The number of hydrogen-bond acceptors (Lipinski definition) is 3. The Kier molecular flexibility index (Phi) is 16.1. The molecule has 0 aromatic rings. The van der Waals surface area contributed by atoms with E-state index >= 15 is 0 Å². The second kappa shape index (κ2) is 16.6. The van der Waals surface area contributed by atoms with Crippen LogP contribution in [-0.4, -0.2) is 38.1 Å². The molecular formula is C22H43NO2. The third-order valence-corrected chi connectivity index (χ3v) is 4.65. The Bertz CT molecular complexity index is 339. The van der Waals surface area contributed by atoms with Crippen molar-refractivity contribution < 1.29 is 9.53 Å². The first-order valence-corrected chi connectivity index (χ1v) is 10.4. The van der Waals surface area contributed by atoms with E-state index < -0.39 is 0 Å². The molecule has 148 valence electrons. The number of carbonyl (C=O) groups is 1. The van der Waals surface area contributed by atoms with Crippen molar-refractivity contribution >= 4 is 5.97 Å². The van der Waals surface area contributed by atoms with Gasteiger partial charge in [0.15, 0.2) is 0 Å². The molecule has 1 atom stereocenters. The van der Waals surface area contributed by atoms with E-state index in [2.05, 4.69) is 32.5 Å². The lowest BCUT2D eigenvalue weighted by molar-refractivity contribution is -0.140. The van der Waals surface area contributed by atoms with Crippen LogP contribution in [0.4, 0.5) is 0 Å². The summed E-state index contributed by atoms with van der Waals surface area (Å²) in [6.45, 7) is 9.21. The lowest BCUT2D eigenvalue weighted by Crippen LogP contribution is -2.12. The fourth-order valence-corrected chi connectivity index (χ4v) is 2.94. The van der Waals surface area contributed by atoms with Gasteiger partial charge in [-0.1, -0.05) is 77.7 Å².